The highest BCUT2D eigenvalue weighted by Gasteiger charge is 2.22. The summed E-state index contributed by atoms with van der Waals surface area (Å²) in [5.74, 6) is 6.73. The predicted molar refractivity (Wildman–Crippen MR) is 137 cm³/mol. The van der Waals surface area contributed by atoms with Crippen molar-refractivity contribution in [1.82, 2.24) is 14.5 Å². The van der Waals surface area contributed by atoms with Crippen LogP contribution in [0.5, 0.6) is 0 Å². The molecule has 0 aliphatic heterocycles. The van der Waals surface area contributed by atoms with Gasteiger partial charge < -0.3 is 9.67 Å². The van der Waals surface area contributed by atoms with Gasteiger partial charge in [-0.1, -0.05) is 56.2 Å². The van der Waals surface area contributed by atoms with Gasteiger partial charge in [0, 0.05) is 37.3 Å². The second kappa shape index (κ2) is 13.3. The van der Waals surface area contributed by atoms with E-state index in [1.54, 1.807) is 12.4 Å². The third-order valence-corrected chi connectivity index (χ3v) is 5.45. The second-order valence-corrected chi connectivity index (χ2v) is 7.69. The molecule has 1 aromatic carbocycles. The van der Waals surface area contributed by atoms with E-state index in [4.69, 9.17) is 10.1 Å². The molecule has 34 heavy (non-hydrogen) atoms. The fraction of sp³-hybridized carbons (Fsp3) is 0.310. The number of aliphatic hydroxyl groups excluding tert-OH is 1. The summed E-state index contributed by atoms with van der Waals surface area (Å²) in [7, 11) is 0. The zero-order valence-electron chi connectivity index (χ0n) is 20.0. The third kappa shape index (κ3) is 6.52. The van der Waals surface area contributed by atoms with Crippen LogP contribution in [0.1, 0.15) is 56.6 Å². The first-order chi connectivity index (χ1) is 16.8. The molecule has 1 aliphatic carbocycles. The number of benzene rings is 1. The Bertz CT molecular complexity index is 1170. The van der Waals surface area contributed by atoms with Gasteiger partial charge in [0.2, 0.25) is 0 Å². The average molecular weight is 458 g/mol. The van der Waals surface area contributed by atoms with Crippen molar-refractivity contribution >= 4 is 5.57 Å². The normalized spacial score (nSPS) is 12.6. The number of aromatic nitrogens is 3. The van der Waals surface area contributed by atoms with Gasteiger partial charge in [-0.05, 0) is 54.5 Å². The first-order valence-corrected chi connectivity index (χ1v) is 12.0. The van der Waals surface area contributed by atoms with Crippen molar-refractivity contribution in [2.75, 3.05) is 6.61 Å². The van der Waals surface area contributed by atoms with Gasteiger partial charge >= 0.3 is 0 Å². The molecule has 0 atom stereocenters. The number of nitrogens with zero attached hydrogens (tertiary/aromatic N) is 3. The standard InChI is InChI=1S/C27H26FN3O.C2H6/c28-24-13-11-22(12-14-24)26-27(23-15-17-29-18-16-23)31(25(30-26)10-4-5-20-32)19-6-9-21-7-2-1-3-8-21;1-2/h1-3,7-8,11,13,15-18,32H,5-6,9,12,14,19-20H2;1-2H3. The SMILES string of the molecule is CC.OCCC#Cc1nc(C2=CC=C(F)CC2)c(-c2ccncc2)n1CCCc1ccccc1. The highest BCUT2D eigenvalue weighted by molar-refractivity contribution is 5.79. The van der Waals surface area contributed by atoms with Crippen LogP contribution in [0.4, 0.5) is 4.39 Å². The maximum Gasteiger partial charge on any atom is 0.186 e. The molecule has 0 bridgehead atoms. The highest BCUT2D eigenvalue weighted by Crippen LogP contribution is 2.35. The minimum absolute atomic E-state index is 0.0149. The number of allylic oxidation sites excluding steroid dienone is 4. The Morgan fingerprint density at radius 2 is 1.79 bits per heavy atom. The number of aliphatic hydroxyl groups is 1. The van der Waals surface area contributed by atoms with Gasteiger partial charge in [-0.15, -0.1) is 0 Å². The minimum atomic E-state index is -0.107. The number of hydrogen-bond acceptors (Lipinski definition) is 3. The number of pyridine rings is 1. The molecule has 176 valence electrons. The number of halogens is 1. The average Bonchev–Trinajstić information content (AvgIpc) is 3.25. The number of aryl methyl sites for hydroxylation is 1. The van der Waals surface area contributed by atoms with E-state index in [0.717, 1.165) is 41.9 Å². The van der Waals surface area contributed by atoms with Crippen molar-refractivity contribution in [2.24, 2.45) is 0 Å². The summed E-state index contributed by atoms with van der Waals surface area (Å²) in [6, 6.07) is 14.4. The first kappa shape index (κ1) is 25.1. The van der Waals surface area contributed by atoms with Gasteiger partial charge in [0.05, 0.1) is 18.0 Å². The summed E-state index contributed by atoms with van der Waals surface area (Å²) in [4.78, 5) is 9.06. The van der Waals surface area contributed by atoms with E-state index in [1.165, 1.54) is 11.6 Å². The summed E-state index contributed by atoms with van der Waals surface area (Å²) in [6.45, 7) is 4.77. The predicted octanol–water partition coefficient (Wildman–Crippen LogP) is 6.37. The molecule has 0 radical (unpaired) electrons. The number of imidazole rings is 1. The molecule has 4 nitrogen and oxygen atoms in total. The largest absolute Gasteiger partial charge is 0.395 e. The molecule has 2 aromatic heterocycles. The molecule has 0 spiro atoms. The summed E-state index contributed by atoms with van der Waals surface area (Å²) < 4.78 is 15.8. The van der Waals surface area contributed by atoms with Gasteiger partial charge in [0.1, 0.15) is 5.83 Å². The summed E-state index contributed by atoms with van der Waals surface area (Å²) in [5, 5.41) is 9.16. The Morgan fingerprint density at radius 1 is 1.03 bits per heavy atom. The Labute approximate surface area is 201 Å². The van der Waals surface area contributed by atoms with Crippen LogP contribution < -0.4 is 0 Å². The van der Waals surface area contributed by atoms with Crippen LogP contribution in [-0.2, 0) is 13.0 Å². The smallest absolute Gasteiger partial charge is 0.186 e. The van der Waals surface area contributed by atoms with E-state index < -0.39 is 0 Å². The monoisotopic (exact) mass is 457 g/mol. The van der Waals surface area contributed by atoms with Gasteiger partial charge in [0.25, 0.3) is 0 Å². The zero-order chi connectivity index (χ0) is 24.2. The molecule has 1 N–H and O–H groups in total. The third-order valence-electron chi connectivity index (χ3n) is 5.45. The van der Waals surface area contributed by atoms with Gasteiger partial charge in [-0.25, -0.2) is 9.37 Å². The van der Waals surface area contributed by atoms with E-state index >= 15 is 0 Å². The Balaban J connectivity index is 0.00000158. The van der Waals surface area contributed by atoms with Crippen molar-refractivity contribution in [3.63, 3.8) is 0 Å². The molecule has 3 aromatic rings. The van der Waals surface area contributed by atoms with Gasteiger partial charge in [0.15, 0.2) is 5.82 Å². The van der Waals surface area contributed by atoms with Crippen LogP contribution in [-0.4, -0.2) is 26.2 Å². The maximum atomic E-state index is 13.7. The fourth-order valence-electron chi connectivity index (χ4n) is 3.88. The van der Waals surface area contributed by atoms with Crippen LogP contribution in [0.2, 0.25) is 0 Å². The van der Waals surface area contributed by atoms with Crippen molar-refractivity contribution < 1.29 is 9.50 Å². The molecular formula is C29H32FN3O. The molecule has 1 aliphatic rings. The van der Waals surface area contributed by atoms with Crippen LogP contribution >= 0.6 is 0 Å². The van der Waals surface area contributed by atoms with E-state index in [0.29, 0.717) is 25.1 Å². The lowest BCUT2D eigenvalue weighted by atomic mass is 9.98. The molecule has 2 heterocycles. The quantitative estimate of drug-likeness (QED) is 0.420. The topological polar surface area (TPSA) is 50.9 Å². The molecular weight excluding hydrogens is 425 g/mol. The van der Waals surface area contributed by atoms with E-state index in [2.05, 4.69) is 45.7 Å². The van der Waals surface area contributed by atoms with Gasteiger partial charge in [-0.3, -0.25) is 4.98 Å². The summed E-state index contributed by atoms with van der Waals surface area (Å²) >= 11 is 0. The Hall–Kier alpha value is -3.49. The molecule has 0 saturated carbocycles. The lowest BCUT2D eigenvalue weighted by molar-refractivity contribution is 0.305. The van der Waals surface area contributed by atoms with Crippen molar-refractivity contribution in [2.45, 2.75) is 52.5 Å². The van der Waals surface area contributed by atoms with E-state index in [1.807, 2.05) is 38.1 Å². The Kier molecular flexibility index (Phi) is 9.81. The van der Waals surface area contributed by atoms with E-state index in [9.17, 15) is 4.39 Å². The maximum absolute atomic E-state index is 13.7. The minimum Gasteiger partial charge on any atom is -0.395 e. The van der Waals surface area contributed by atoms with Crippen LogP contribution in [0.3, 0.4) is 0 Å². The molecule has 4 rings (SSSR count). The second-order valence-electron chi connectivity index (χ2n) is 7.69. The van der Waals surface area contributed by atoms with Crippen LogP contribution in [0.25, 0.3) is 16.8 Å². The molecule has 0 fully saturated rings. The molecule has 0 saturated heterocycles. The highest BCUT2D eigenvalue weighted by atomic mass is 19.1. The molecule has 5 heteroatoms. The molecule has 0 amide bonds. The van der Waals surface area contributed by atoms with E-state index in [-0.39, 0.29) is 12.4 Å². The number of hydrogen-bond donors (Lipinski definition) is 1. The summed E-state index contributed by atoms with van der Waals surface area (Å²) in [6.07, 6.45) is 10.2. The lowest BCUT2D eigenvalue weighted by Crippen LogP contribution is -2.05. The van der Waals surface area contributed by atoms with Crippen LogP contribution in [0, 0.1) is 11.8 Å². The zero-order valence-corrected chi connectivity index (χ0v) is 20.0. The Morgan fingerprint density at radius 3 is 2.47 bits per heavy atom. The van der Waals surface area contributed by atoms with Crippen molar-refractivity contribution in [3.8, 4) is 23.1 Å². The van der Waals surface area contributed by atoms with Crippen molar-refractivity contribution in [3.05, 3.63) is 89.9 Å². The van der Waals surface area contributed by atoms with Gasteiger partial charge in [-0.2, -0.15) is 0 Å². The number of rotatable bonds is 7. The first-order valence-electron chi connectivity index (χ1n) is 12.0. The molecule has 0 unspecified atom stereocenters. The lowest BCUT2D eigenvalue weighted by Gasteiger charge is -2.14. The fourth-order valence-corrected chi connectivity index (χ4v) is 3.88. The van der Waals surface area contributed by atoms with Crippen molar-refractivity contribution in [1.29, 1.82) is 0 Å². The van der Waals surface area contributed by atoms with Crippen LogP contribution in [0.15, 0.2) is 72.8 Å². The summed E-state index contributed by atoms with van der Waals surface area (Å²) in [5.41, 5.74) is 5.13.